The fraction of sp³-hybridized carbons (Fsp3) is 0.300. The SMILES string of the molecule is Clc1ccc(-n2cnnn2)c(C2CC2)c1. The molecule has 1 saturated carbocycles. The maximum Gasteiger partial charge on any atom is 0.143 e. The minimum absolute atomic E-state index is 0.628. The second-order valence-electron chi connectivity index (χ2n) is 3.73. The Morgan fingerprint density at radius 1 is 1.33 bits per heavy atom. The van der Waals surface area contributed by atoms with Crippen LogP contribution in [0.2, 0.25) is 5.02 Å². The molecule has 0 bridgehead atoms. The third kappa shape index (κ3) is 1.61. The summed E-state index contributed by atoms with van der Waals surface area (Å²) in [4.78, 5) is 0. The van der Waals surface area contributed by atoms with Crippen molar-refractivity contribution in [1.82, 2.24) is 20.2 Å². The van der Waals surface area contributed by atoms with Gasteiger partial charge in [-0.3, -0.25) is 0 Å². The van der Waals surface area contributed by atoms with Gasteiger partial charge in [-0.05, 0) is 52.9 Å². The Morgan fingerprint density at radius 2 is 2.20 bits per heavy atom. The molecule has 0 spiro atoms. The summed E-state index contributed by atoms with van der Waals surface area (Å²) in [6, 6.07) is 5.84. The minimum Gasteiger partial charge on any atom is -0.200 e. The zero-order valence-electron chi connectivity index (χ0n) is 7.97. The summed E-state index contributed by atoms with van der Waals surface area (Å²) in [6.45, 7) is 0. The monoisotopic (exact) mass is 220 g/mol. The second kappa shape index (κ2) is 3.31. The van der Waals surface area contributed by atoms with Gasteiger partial charge in [0, 0.05) is 5.02 Å². The molecule has 0 N–H and O–H groups in total. The van der Waals surface area contributed by atoms with E-state index >= 15 is 0 Å². The maximum absolute atomic E-state index is 5.99. The maximum atomic E-state index is 5.99. The first kappa shape index (κ1) is 8.85. The van der Waals surface area contributed by atoms with E-state index in [1.54, 1.807) is 11.0 Å². The number of hydrogen-bond acceptors (Lipinski definition) is 3. The predicted octanol–water partition coefficient (Wildman–Crippen LogP) is 2.19. The molecular formula is C10H9ClN4. The Kier molecular flexibility index (Phi) is 1.95. The lowest BCUT2D eigenvalue weighted by atomic mass is 10.1. The van der Waals surface area contributed by atoms with Gasteiger partial charge in [0.25, 0.3) is 0 Å². The van der Waals surface area contributed by atoms with Crippen LogP contribution in [0.15, 0.2) is 24.5 Å². The van der Waals surface area contributed by atoms with Crippen LogP contribution in [0.1, 0.15) is 24.3 Å². The molecule has 0 aliphatic heterocycles. The molecule has 0 amide bonds. The first-order valence-electron chi connectivity index (χ1n) is 4.87. The van der Waals surface area contributed by atoms with Crippen molar-refractivity contribution in [3.8, 4) is 5.69 Å². The summed E-state index contributed by atoms with van der Waals surface area (Å²) in [5, 5.41) is 12.0. The van der Waals surface area contributed by atoms with Crippen molar-refractivity contribution in [1.29, 1.82) is 0 Å². The highest BCUT2D eigenvalue weighted by Crippen LogP contribution is 2.43. The topological polar surface area (TPSA) is 43.6 Å². The van der Waals surface area contributed by atoms with Gasteiger partial charge in [0.05, 0.1) is 5.69 Å². The molecule has 1 heterocycles. The van der Waals surface area contributed by atoms with Gasteiger partial charge in [-0.1, -0.05) is 11.6 Å². The van der Waals surface area contributed by atoms with Gasteiger partial charge in [0.15, 0.2) is 0 Å². The molecule has 15 heavy (non-hydrogen) atoms. The Morgan fingerprint density at radius 3 is 2.87 bits per heavy atom. The Bertz CT molecular complexity index is 476. The largest absolute Gasteiger partial charge is 0.200 e. The molecule has 1 aliphatic carbocycles. The van der Waals surface area contributed by atoms with Gasteiger partial charge in [-0.25, -0.2) is 4.68 Å². The Labute approximate surface area is 91.9 Å². The van der Waals surface area contributed by atoms with Crippen LogP contribution in [-0.4, -0.2) is 20.2 Å². The lowest BCUT2D eigenvalue weighted by molar-refractivity contribution is 0.780. The fourth-order valence-electron chi connectivity index (χ4n) is 1.73. The van der Waals surface area contributed by atoms with E-state index in [1.165, 1.54) is 18.4 Å². The lowest BCUT2D eigenvalue weighted by Gasteiger charge is -2.07. The van der Waals surface area contributed by atoms with Gasteiger partial charge in [-0.15, -0.1) is 5.10 Å². The van der Waals surface area contributed by atoms with Crippen molar-refractivity contribution in [2.45, 2.75) is 18.8 Å². The quantitative estimate of drug-likeness (QED) is 0.779. The molecular weight excluding hydrogens is 212 g/mol. The number of tetrazole rings is 1. The first-order valence-corrected chi connectivity index (χ1v) is 5.25. The van der Waals surface area contributed by atoms with Crippen LogP contribution in [0.3, 0.4) is 0 Å². The highest BCUT2D eigenvalue weighted by Gasteiger charge is 2.27. The molecule has 3 rings (SSSR count). The normalized spacial score (nSPS) is 15.5. The third-order valence-electron chi connectivity index (χ3n) is 2.60. The van der Waals surface area contributed by atoms with Crippen LogP contribution in [0.5, 0.6) is 0 Å². The van der Waals surface area contributed by atoms with Crippen molar-refractivity contribution in [3.63, 3.8) is 0 Å². The third-order valence-corrected chi connectivity index (χ3v) is 2.84. The fourth-order valence-corrected chi connectivity index (χ4v) is 1.91. The molecule has 4 nitrogen and oxygen atoms in total. The molecule has 2 aromatic rings. The van der Waals surface area contributed by atoms with Crippen LogP contribution in [-0.2, 0) is 0 Å². The van der Waals surface area contributed by atoms with Crippen molar-refractivity contribution in [3.05, 3.63) is 35.1 Å². The van der Waals surface area contributed by atoms with E-state index in [0.717, 1.165) is 10.7 Å². The number of nitrogens with zero attached hydrogens (tertiary/aromatic N) is 4. The standard InChI is InChI=1S/C10H9ClN4/c11-8-3-4-10(15-6-12-13-14-15)9(5-8)7-1-2-7/h3-7H,1-2H2. The number of hydrogen-bond donors (Lipinski definition) is 0. The van der Waals surface area contributed by atoms with E-state index in [-0.39, 0.29) is 0 Å². The molecule has 76 valence electrons. The minimum atomic E-state index is 0.628. The van der Waals surface area contributed by atoms with Gasteiger partial charge in [0.1, 0.15) is 6.33 Å². The van der Waals surface area contributed by atoms with Gasteiger partial charge in [-0.2, -0.15) is 0 Å². The summed E-state index contributed by atoms with van der Waals surface area (Å²) in [7, 11) is 0. The zero-order chi connectivity index (χ0) is 10.3. The summed E-state index contributed by atoms with van der Waals surface area (Å²) >= 11 is 5.99. The van der Waals surface area contributed by atoms with E-state index < -0.39 is 0 Å². The summed E-state index contributed by atoms with van der Waals surface area (Å²) < 4.78 is 1.68. The molecule has 0 unspecified atom stereocenters. The molecule has 0 radical (unpaired) electrons. The van der Waals surface area contributed by atoms with Crippen LogP contribution in [0, 0.1) is 0 Å². The second-order valence-corrected chi connectivity index (χ2v) is 4.17. The predicted molar refractivity (Wildman–Crippen MR) is 56.1 cm³/mol. The molecule has 1 fully saturated rings. The van der Waals surface area contributed by atoms with Crippen LogP contribution in [0.4, 0.5) is 0 Å². The van der Waals surface area contributed by atoms with E-state index in [4.69, 9.17) is 11.6 Å². The first-order chi connectivity index (χ1) is 7.34. The average molecular weight is 221 g/mol. The number of rotatable bonds is 2. The zero-order valence-corrected chi connectivity index (χ0v) is 8.72. The Hall–Kier alpha value is -1.42. The van der Waals surface area contributed by atoms with Crippen LogP contribution in [0.25, 0.3) is 5.69 Å². The number of halogens is 1. The average Bonchev–Trinajstić information content (AvgIpc) is 2.95. The summed E-state index contributed by atoms with van der Waals surface area (Å²) in [5.41, 5.74) is 2.28. The molecule has 5 heteroatoms. The molecule has 0 saturated heterocycles. The summed E-state index contributed by atoms with van der Waals surface area (Å²) in [5.74, 6) is 0.628. The number of aromatic nitrogens is 4. The van der Waals surface area contributed by atoms with Crippen molar-refractivity contribution >= 4 is 11.6 Å². The van der Waals surface area contributed by atoms with Gasteiger partial charge >= 0.3 is 0 Å². The van der Waals surface area contributed by atoms with Crippen molar-refractivity contribution in [2.75, 3.05) is 0 Å². The highest BCUT2D eigenvalue weighted by atomic mass is 35.5. The van der Waals surface area contributed by atoms with E-state index in [0.29, 0.717) is 5.92 Å². The molecule has 1 aromatic carbocycles. The van der Waals surface area contributed by atoms with E-state index in [1.807, 2.05) is 18.2 Å². The van der Waals surface area contributed by atoms with Crippen molar-refractivity contribution in [2.24, 2.45) is 0 Å². The molecule has 1 aliphatic rings. The number of benzene rings is 1. The van der Waals surface area contributed by atoms with Gasteiger partial charge < -0.3 is 0 Å². The van der Waals surface area contributed by atoms with Crippen LogP contribution < -0.4 is 0 Å². The summed E-state index contributed by atoms with van der Waals surface area (Å²) in [6.07, 6.45) is 4.07. The molecule has 0 atom stereocenters. The van der Waals surface area contributed by atoms with Gasteiger partial charge in [0.2, 0.25) is 0 Å². The van der Waals surface area contributed by atoms with Crippen molar-refractivity contribution < 1.29 is 0 Å². The van der Waals surface area contributed by atoms with E-state index in [2.05, 4.69) is 15.5 Å². The van der Waals surface area contributed by atoms with Crippen LogP contribution >= 0.6 is 11.6 Å². The van der Waals surface area contributed by atoms with E-state index in [9.17, 15) is 0 Å². The Balaban J connectivity index is 2.13. The lowest BCUT2D eigenvalue weighted by Crippen LogP contribution is -1.99. The highest BCUT2D eigenvalue weighted by molar-refractivity contribution is 6.30. The molecule has 1 aromatic heterocycles. The smallest absolute Gasteiger partial charge is 0.143 e.